The van der Waals surface area contributed by atoms with E-state index in [1.165, 1.54) is 37.0 Å². The molecule has 4 rings (SSSR count). The van der Waals surface area contributed by atoms with Gasteiger partial charge in [-0.15, -0.1) is 12.4 Å². The lowest BCUT2D eigenvalue weighted by Crippen LogP contribution is -2.50. The Morgan fingerprint density at radius 1 is 0.821 bits per heavy atom. The van der Waals surface area contributed by atoms with Crippen LogP contribution < -0.4 is 0 Å². The highest BCUT2D eigenvalue weighted by Crippen LogP contribution is 2.23. The second-order valence-electron chi connectivity index (χ2n) is 7.70. The third kappa shape index (κ3) is 4.41. The predicted molar refractivity (Wildman–Crippen MR) is 112 cm³/mol. The van der Waals surface area contributed by atoms with Crippen LogP contribution in [0.4, 0.5) is 0 Å². The first-order valence-corrected chi connectivity index (χ1v) is 10.1. The maximum Gasteiger partial charge on any atom is 0.262 e. The van der Waals surface area contributed by atoms with Crippen molar-refractivity contribution >= 4 is 24.2 Å². The third-order valence-electron chi connectivity index (χ3n) is 6.04. The summed E-state index contributed by atoms with van der Waals surface area (Å²) in [5, 5.41) is 0. The molecule has 0 N–H and O–H groups in total. The Hall–Kier alpha value is -1.87. The standard InChI is InChI=1S/C22H27N3O2.ClH/c26-21-19-10-4-5-11-20(19)22(27)25(21)13-7-6-12-23-14-16-24(17-15-23)18-8-2-1-3-9-18;/h4-5,10-11,18H,1-3,8-9,12-17H2;1H. The van der Waals surface area contributed by atoms with Gasteiger partial charge >= 0.3 is 0 Å². The molecule has 1 aromatic rings. The van der Waals surface area contributed by atoms with E-state index < -0.39 is 0 Å². The minimum atomic E-state index is -0.231. The Balaban J connectivity index is 0.00000225. The van der Waals surface area contributed by atoms with Crippen LogP contribution >= 0.6 is 12.4 Å². The molecule has 2 aliphatic heterocycles. The first-order valence-electron chi connectivity index (χ1n) is 10.1. The maximum absolute atomic E-state index is 12.3. The van der Waals surface area contributed by atoms with E-state index >= 15 is 0 Å². The molecule has 6 heteroatoms. The Morgan fingerprint density at radius 3 is 2.00 bits per heavy atom. The summed E-state index contributed by atoms with van der Waals surface area (Å²) in [6.07, 6.45) is 6.89. The zero-order valence-corrected chi connectivity index (χ0v) is 17.0. The van der Waals surface area contributed by atoms with Crippen molar-refractivity contribution in [2.45, 2.75) is 38.1 Å². The summed E-state index contributed by atoms with van der Waals surface area (Å²) in [5.41, 5.74) is 0.978. The van der Waals surface area contributed by atoms with Gasteiger partial charge in [-0.25, -0.2) is 0 Å². The number of benzene rings is 1. The topological polar surface area (TPSA) is 43.9 Å². The smallest absolute Gasteiger partial charge is 0.262 e. The molecule has 0 radical (unpaired) electrons. The first kappa shape index (κ1) is 20.9. The molecule has 1 aromatic carbocycles. The van der Waals surface area contributed by atoms with Crippen molar-refractivity contribution in [2.75, 3.05) is 39.3 Å². The molecule has 0 unspecified atom stereocenters. The fourth-order valence-corrected chi connectivity index (χ4v) is 4.42. The number of rotatable bonds is 3. The number of carbonyl (C=O) groups is 2. The van der Waals surface area contributed by atoms with Crippen molar-refractivity contribution < 1.29 is 9.59 Å². The number of imide groups is 1. The van der Waals surface area contributed by atoms with Crippen molar-refractivity contribution in [2.24, 2.45) is 0 Å². The third-order valence-corrected chi connectivity index (χ3v) is 6.04. The van der Waals surface area contributed by atoms with Gasteiger partial charge in [0.05, 0.1) is 24.2 Å². The molecule has 150 valence electrons. The van der Waals surface area contributed by atoms with Gasteiger partial charge in [-0.1, -0.05) is 43.2 Å². The average molecular weight is 402 g/mol. The summed E-state index contributed by atoms with van der Waals surface area (Å²) in [6, 6.07) is 7.77. The van der Waals surface area contributed by atoms with Crippen LogP contribution in [-0.4, -0.2) is 71.8 Å². The van der Waals surface area contributed by atoms with Gasteiger partial charge in [-0.3, -0.25) is 24.3 Å². The van der Waals surface area contributed by atoms with Crippen LogP contribution in [0.25, 0.3) is 0 Å². The summed E-state index contributed by atoms with van der Waals surface area (Å²) in [6.45, 7) is 5.25. The number of hydrogen-bond acceptors (Lipinski definition) is 4. The van der Waals surface area contributed by atoms with Crippen molar-refractivity contribution in [3.63, 3.8) is 0 Å². The van der Waals surface area contributed by atoms with E-state index in [0.29, 0.717) is 17.7 Å². The van der Waals surface area contributed by atoms with E-state index in [-0.39, 0.29) is 30.8 Å². The molecule has 2 amide bonds. The molecule has 0 atom stereocenters. The van der Waals surface area contributed by atoms with E-state index in [9.17, 15) is 9.59 Å². The molecule has 1 aliphatic carbocycles. The molecule has 0 spiro atoms. The highest BCUT2D eigenvalue weighted by atomic mass is 35.5. The van der Waals surface area contributed by atoms with Crippen molar-refractivity contribution in [1.29, 1.82) is 0 Å². The molecular formula is C22H28ClN3O2. The Morgan fingerprint density at radius 2 is 1.39 bits per heavy atom. The zero-order chi connectivity index (χ0) is 18.6. The molecular weight excluding hydrogens is 374 g/mol. The molecule has 0 aromatic heterocycles. The molecule has 3 aliphatic rings. The second-order valence-corrected chi connectivity index (χ2v) is 7.70. The maximum atomic E-state index is 12.3. The molecule has 2 fully saturated rings. The monoisotopic (exact) mass is 401 g/mol. The average Bonchev–Trinajstić information content (AvgIpc) is 2.97. The zero-order valence-electron chi connectivity index (χ0n) is 16.2. The van der Waals surface area contributed by atoms with Crippen LogP contribution in [0.2, 0.25) is 0 Å². The first-order chi connectivity index (χ1) is 13.2. The molecule has 0 bridgehead atoms. The van der Waals surface area contributed by atoms with Crippen LogP contribution in [0.1, 0.15) is 52.8 Å². The van der Waals surface area contributed by atoms with E-state index in [2.05, 4.69) is 21.6 Å². The summed E-state index contributed by atoms with van der Waals surface area (Å²) in [5.74, 6) is 5.72. The van der Waals surface area contributed by atoms with Crippen LogP contribution in [0.5, 0.6) is 0 Å². The quantitative estimate of drug-likeness (QED) is 0.577. The number of nitrogens with zero attached hydrogens (tertiary/aromatic N) is 3. The number of hydrogen-bond donors (Lipinski definition) is 0. The summed E-state index contributed by atoms with van der Waals surface area (Å²) in [4.78, 5) is 30.9. The molecule has 1 saturated heterocycles. The van der Waals surface area contributed by atoms with Crippen LogP contribution in [0.3, 0.4) is 0 Å². The SMILES string of the molecule is Cl.O=C1c2ccccc2C(=O)N1CC#CCN1CCN(C2CCCCC2)CC1. The minimum Gasteiger partial charge on any atom is -0.298 e. The van der Waals surface area contributed by atoms with Crippen LogP contribution in [0.15, 0.2) is 24.3 Å². The second kappa shape index (κ2) is 9.56. The van der Waals surface area contributed by atoms with Crippen LogP contribution in [0, 0.1) is 11.8 Å². The van der Waals surface area contributed by atoms with Gasteiger partial charge in [0.25, 0.3) is 11.8 Å². The van der Waals surface area contributed by atoms with Gasteiger partial charge in [0.1, 0.15) is 0 Å². The highest BCUT2D eigenvalue weighted by Gasteiger charge is 2.34. The molecule has 2 heterocycles. The Kier molecular flexibility index (Phi) is 7.12. The van der Waals surface area contributed by atoms with E-state index in [4.69, 9.17) is 0 Å². The number of amides is 2. The molecule has 5 nitrogen and oxygen atoms in total. The van der Waals surface area contributed by atoms with E-state index in [0.717, 1.165) is 32.2 Å². The van der Waals surface area contributed by atoms with Gasteiger partial charge in [-0.2, -0.15) is 0 Å². The summed E-state index contributed by atoms with van der Waals surface area (Å²) in [7, 11) is 0. The number of halogens is 1. The number of piperazine rings is 1. The van der Waals surface area contributed by atoms with Gasteiger partial charge in [0.15, 0.2) is 0 Å². The molecule has 1 saturated carbocycles. The summed E-state index contributed by atoms with van der Waals surface area (Å²) >= 11 is 0. The van der Waals surface area contributed by atoms with Gasteiger partial charge in [-0.05, 0) is 25.0 Å². The molecule has 28 heavy (non-hydrogen) atoms. The van der Waals surface area contributed by atoms with Gasteiger partial charge in [0, 0.05) is 32.2 Å². The Bertz CT molecular complexity index is 736. The van der Waals surface area contributed by atoms with E-state index in [1.807, 2.05) is 0 Å². The lowest BCUT2D eigenvalue weighted by Gasteiger charge is -2.40. The lowest BCUT2D eigenvalue weighted by molar-refractivity contribution is 0.0674. The summed E-state index contributed by atoms with van der Waals surface area (Å²) < 4.78 is 0. The van der Waals surface area contributed by atoms with Crippen molar-refractivity contribution in [1.82, 2.24) is 14.7 Å². The minimum absolute atomic E-state index is 0. The predicted octanol–water partition coefficient (Wildman–Crippen LogP) is 2.66. The highest BCUT2D eigenvalue weighted by molar-refractivity contribution is 6.21. The van der Waals surface area contributed by atoms with E-state index in [1.54, 1.807) is 24.3 Å². The van der Waals surface area contributed by atoms with Gasteiger partial charge < -0.3 is 0 Å². The largest absolute Gasteiger partial charge is 0.298 e. The van der Waals surface area contributed by atoms with Crippen molar-refractivity contribution in [3.8, 4) is 11.8 Å². The number of fused-ring (bicyclic) bond motifs is 1. The fourth-order valence-electron chi connectivity index (χ4n) is 4.42. The van der Waals surface area contributed by atoms with Crippen LogP contribution in [-0.2, 0) is 0 Å². The lowest BCUT2D eigenvalue weighted by atomic mass is 9.94. The fraction of sp³-hybridized carbons (Fsp3) is 0.545. The normalized spacial score (nSPS) is 21.1. The Labute approximate surface area is 173 Å². The number of carbonyl (C=O) groups excluding carboxylic acids is 2. The van der Waals surface area contributed by atoms with Crippen molar-refractivity contribution in [3.05, 3.63) is 35.4 Å². The van der Waals surface area contributed by atoms with Gasteiger partial charge in [0.2, 0.25) is 0 Å².